The Morgan fingerprint density at radius 2 is 1.96 bits per heavy atom. The molecule has 2 aliphatic carbocycles. The van der Waals surface area contributed by atoms with Crippen LogP contribution in [-0.2, 0) is 4.79 Å². The molecule has 3 aliphatic rings. The molecule has 1 heterocycles. The van der Waals surface area contributed by atoms with E-state index in [1.54, 1.807) is 0 Å². The van der Waals surface area contributed by atoms with Crippen LogP contribution in [0.3, 0.4) is 0 Å². The Labute approximate surface area is 165 Å². The van der Waals surface area contributed by atoms with Crippen LogP contribution in [0.4, 0.5) is 5.69 Å². The predicted octanol–water partition coefficient (Wildman–Crippen LogP) is 2.33. The second-order valence-corrected chi connectivity index (χ2v) is 8.32. The second-order valence-electron chi connectivity index (χ2n) is 8.32. The molecule has 0 unspecified atom stereocenters. The minimum Gasteiger partial charge on any atom is -0.480 e. The summed E-state index contributed by atoms with van der Waals surface area (Å²) in [5, 5.41) is 18.7. The van der Waals surface area contributed by atoms with Crippen LogP contribution < -0.4 is 10.3 Å². The Morgan fingerprint density at radius 1 is 1.25 bits per heavy atom. The van der Waals surface area contributed by atoms with Gasteiger partial charge < -0.3 is 10.4 Å². The zero-order valence-corrected chi connectivity index (χ0v) is 16.3. The predicted molar refractivity (Wildman–Crippen MR) is 108 cm³/mol. The topological polar surface area (TPSA) is 85.2 Å². The van der Waals surface area contributed by atoms with Gasteiger partial charge in [-0.2, -0.15) is 5.10 Å². The molecule has 1 aromatic rings. The number of hydrogen-bond acceptors (Lipinski definition) is 5. The Morgan fingerprint density at radius 3 is 2.54 bits per heavy atom. The van der Waals surface area contributed by atoms with E-state index in [1.807, 2.05) is 36.2 Å². The number of carboxylic acid groups (broad SMARTS) is 1. The SMILES string of the molecule is CC1=NN(c2ccc(C(=O)NC3CC(N(CC(=O)O)CC4CC4)C3)cc2)CC1. The molecule has 0 saturated heterocycles. The van der Waals surface area contributed by atoms with Gasteiger partial charge in [-0.05, 0) is 62.8 Å². The molecular formula is C21H28N4O3. The quantitative estimate of drug-likeness (QED) is 0.719. The smallest absolute Gasteiger partial charge is 0.317 e. The van der Waals surface area contributed by atoms with Gasteiger partial charge in [-0.15, -0.1) is 0 Å². The number of carbonyl (C=O) groups excluding carboxylic acids is 1. The van der Waals surface area contributed by atoms with E-state index in [9.17, 15) is 9.59 Å². The molecule has 0 spiro atoms. The van der Waals surface area contributed by atoms with Crippen molar-refractivity contribution in [3.05, 3.63) is 29.8 Å². The summed E-state index contributed by atoms with van der Waals surface area (Å²) < 4.78 is 0. The van der Waals surface area contributed by atoms with Gasteiger partial charge in [-0.3, -0.25) is 19.5 Å². The van der Waals surface area contributed by atoms with Crippen LogP contribution in [0.25, 0.3) is 0 Å². The van der Waals surface area contributed by atoms with Crippen LogP contribution in [0, 0.1) is 5.92 Å². The first-order chi connectivity index (χ1) is 13.5. The van der Waals surface area contributed by atoms with Gasteiger partial charge >= 0.3 is 5.97 Å². The zero-order chi connectivity index (χ0) is 19.7. The third-order valence-corrected chi connectivity index (χ3v) is 5.90. The molecule has 1 amide bonds. The molecule has 28 heavy (non-hydrogen) atoms. The maximum absolute atomic E-state index is 12.5. The fraction of sp³-hybridized carbons (Fsp3) is 0.571. The summed E-state index contributed by atoms with van der Waals surface area (Å²) in [5.74, 6) is -0.177. The maximum Gasteiger partial charge on any atom is 0.317 e. The molecule has 2 N–H and O–H groups in total. The number of carboxylic acids is 1. The van der Waals surface area contributed by atoms with Crippen molar-refractivity contribution in [1.29, 1.82) is 0 Å². The van der Waals surface area contributed by atoms with Gasteiger partial charge in [0.2, 0.25) is 0 Å². The molecule has 1 aliphatic heterocycles. The normalized spacial score (nSPS) is 24.1. The highest BCUT2D eigenvalue weighted by atomic mass is 16.4. The molecule has 0 atom stereocenters. The van der Waals surface area contributed by atoms with Crippen molar-refractivity contribution in [2.24, 2.45) is 11.0 Å². The molecule has 1 aromatic carbocycles. The molecule has 0 aromatic heterocycles. The van der Waals surface area contributed by atoms with E-state index in [2.05, 4.69) is 15.3 Å². The first-order valence-corrected chi connectivity index (χ1v) is 10.2. The first-order valence-electron chi connectivity index (χ1n) is 10.2. The average molecular weight is 384 g/mol. The van der Waals surface area contributed by atoms with Crippen LogP contribution in [0.5, 0.6) is 0 Å². The summed E-state index contributed by atoms with van der Waals surface area (Å²) in [6, 6.07) is 7.94. The largest absolute Gasteiger partial charge is 0.480 e. The van der Waals surface area contributed by atoms with Crippen molar-refractivity contribution in [2.75, 3.05) is 24.6 Å². The Hall–Kier alpha value is -2.41. The molecule has 0 radical (unpaired) electrons. The second kappa shape index (κ2) is 7.91. The van der Waals surface area contributed by atoms with Gasteiger partial charge in [-0.25, -0.2) is 0 Å². The fourth-order valence-corrected chi connectivity index (χ4v) is 3.97. The van der Waals surface area contributed by atoms with Gasteiger partial charge in [0.05, 0.1) is 12.2 Å². The minimum absolute atomic E-state index is 0.0666. The molecule has 7 heteroatoms. The van der Waals surface area contributed by atoms with Crippen molar-refractivity contribution in [3.8, 4) is 0 Å². The van der Waals surface area contributed by atoms with Crippen molar-refractivity contribution in [1.82, 2.24) is 10.2 Å². The Bertz CT molecular complexity index is 766. The van der Waals surface area contributed by atoms with E-state index in [0.717, 1.165) is 43.8 Å². The van der Waals surface area contributed by atoms with Crippen LogP contribution >= 0.6 is 0 Å². The Kier molecular flexibility index (Phi) is 5.35. The average Bonchev–Trinajstić information content (AvgIpc) is 3.34. The fourth-order valence-electron chi connectivity index (χ4n) is 3.97. The summed E-state index contributed by atoms with van der Waals surface area (Å²) in [6.45, 7) is 3.88. The monoisotopic (exact) mass is 384 g/mol. The number of hydrogen-bond donors (Lipinski definition) is 2. The first kappa shape index (κ1) is 18.9. The number of aliphatic carboxylic acids is 1. The van der Waals surface area contributed by atoms with E-state index in [1.165, 1.54) is 12.8 Å². The summed E-state index contributed by atoms with van der Waals surface area (Å²) in [5.41, 5.74) is 2.77. The van der Waals surface area contributed by atoms with Gasteiger partial charge in [-0.1, -0.05) is 0 Å². The van der Waals surface area contributed by atoms with Crippen LogP contribution in [0.2, 0.25) is 0 Å². The number of rotatable bonds is 8. The lowest BCUT2D eigenvalue weighted by Crippen LogP contribution is -2.55. The van der Waals surface area contributed by atoms with Crippen LogP contribution in [0.1, 0.15) is 49.4 Å². The van der Waals surface area contributed by atoms with Crippen molar-refractivity contribution >= 4 is 23.3 Å². The van der Waals surface area contributed by atoms with Crippen LogP contribution in [0.15, 0.2) is 29.4 Å². The number of benzene rings is 1. The minimum atomic E-state index is -0.772. The van der Waals surface area contributed by atoms with Gasteiger partial charge in [0.25, 0.3) is 5.91 Å². The summed E-state index contributed by atoms with van der Waals surface area (Å²) in [7, 11) is 0. The standard InChI is InChI=1S/C21H28N4O3/c1-14-8-9-25(23-14)18-6-4-16(5-7-18)21(28)22-17-10-19(11-17)24(13-20(26)27)12-15-2-3-15/h4-7,15,17,19H,2-3,8-13H2,1H3,(H,22,28)(H,26,27). The van der Waals surface area contributed by atoms with E-state index < -0.39 is 5.97 Å². The van der Waals surface area contributed by atoms with Crippen molar-refractivity contribution in [3.63, 3.8) is 0 Å². The molecule has 150 valence electrons. The summed E-state index contributed by atoms with van der Waals surface area (Å²) >= 11 is 0. The number of nitrogens with one attached hydrogen (secondary N) is 1. The maximum atomic E-state index is 12.5. The van der Waals surface area contributed by atoms with Crippen LogP contribution in [-0.4, -0.2) is 59.3 Å². The van der Waals surface area contributed by atoms with E-state index in [-0.39, 0.29) is 24.5 Å². The number of anilines is 1. The highest BCUT2D eigenvalue weighted by Crippen LogP contribution is 2.33. The molecule has 2 saturated carbocycles. The highest BCUT2D eigenvalue weighted by Gasteiger charge is 2.37. The lowest BCUT2D eigenvalue weighted by atomic mass is 9.85. The molecule has 7 nitrogen and oxygen atoms in total. The third-order valence-electron chi connectivity index (χ3n) is 5.90. The third kappa shape index (κ3) is 4.52. The molecule has 2 fully saturated rings. The summed E-state index contributed by atoms with van der Waals surface area (Å²) in [4.78, 5) is 25.7. The van der Waals surface area contributed by atoms with Gasteiger partial charge in [0, 0.05) is 42.9 Å². The van der Waals surface area contributed by atoms with E-state index in [4.69, 9.17) is 5.11 Å². The van der Waals surface area contributed by atoms with Crippen molar-refractivity contribution in [2.45, 2.75) is 51.1 Å². The van der Waals surface area contributed by atoms with Gasteiger partial charge in [0.15, 0.2) is 0 Å². The lowest BCUT2D eigenvalue weighted by Gasteiger charge is -2.42. The lowest BCUT2D eigenvalue weighted by molar-refractivity contribution is -0.139. The van der Waals surface area contributed by atoms with Gasteiger partial charge in [0.1, 0.15) is 0 Å². The zero-order valence-electron chi connectivity index (χ0n) is 16.3. The summed E-state index contributed by atoms with van der Waals surface area (Å²) in [6.07, 6.45) is 5.05. The number of hydrazone groups is 1. The number of amides is 1. The molecule has 0 bridgehead atoms. The van der Waals surface area contributed by atoms with E-state index >= 15 is 0 Å². The highest BCUT2D eigenvalue weighted by molar-refractivity contribution is 5.95. The molecule has 4 rings (SSSR count). The number of carbonyl (C=O) groups is 2. The molecular weight excluding hydrogens is 356 g/mol. The van der Waals surface area contributed by atoms with E-state index in [0.29, 0.717) is 11.5 Å². The van der Waals surface area contributed by atoms with Crippen molar-refractivity contribution < 1.29 is 14.7 Å². The Balaban J connectivity index is 1.27. The number of nitrogens with zero attached hydrogens (tertiary/aromatic N) is 3.